The smallest absolute Gasteiger partial charge is 0.408 e. The van der Waals surface area contributed by atoms with Gasteiger partial charge in [-0.25, -0.2) is 4.79 Å². The SMILES string of the molecule is CC(C)C[C@@H](NC(=O)CNC(=O)C(Cc1ccccc1)NC(=O)OC(C)(C)C)C(=O)NCC(=O)N1CCC2(CC1)CC(N1CCSCC1)C2. The summed E-state index contributed by atoms with van der Waals surface area (Å²) in [5.74, 6) is 0.858. The summed E-state index contributed by atoms with van der Waals surface area (Å²) in [4.78, 5) is 69.3. The Labute approximate surface area is 295 Å². The van der Waals surface area contributed by atoms with Gasteiger partial charge in [-0.2, -0.15) is 11.8 Å². The Morgan fingerprint density at radius 3 is 2.10 bits per heavy atom. The maximum atomic E-state index is 13.2. The van der Waals surface area contributed by atoms with Crippen molar-refractivity contribution in [3.63, 3.8) is 0 Å². The van der Waals surface area contributed by atoms with Crippen LogP contribution in [0.4, 0.5) is 4.79 Å². The topological polar surface area (TPSA) is 149 Å². The van der Waals surface area contributed by atoms with Gasteiger partial charge in [0.1, 0.15) is 17.7 Å². The highest BCUT2D eigenvalue weighted by Gasteiger charge is 2.48. The molecular weight excluding hydrogens is 644 g/mol. The van der Waals surface area contributed by atoms with Gasteiger partial charge < -0.3 is 30.9 Å². The van der Waals surface area contributed by atoms with Gasteiger partial charge in [0.2, 0.25) is 23.6 Å². The van der Waals surface area contributed by atoms with E-state index in [1.165, 1.54) is 37.4 Å². The van der Waals surface area contributed by atoms with Crippen LogP contribution in [0.15, 0.2) is 30.3 Å². The minimum atomic E-state index is -0.991. The minimum absolute atomic E-state index is 0.0860. The molecule has 1 spiro atoms. The molecule has 1 aliphatic carbocycles. The van der Waals surface area contributed by atoms with Gasteiger partial charge in [0.05, 0.1) is 13.1 Å². The number of thioether (sulfide) groups is 1. The second-order valence-electron chi connectivity index (χ2n) is 15.2. The maximum absolute atomic E-state index is 13.2. The third-order valence-corrected chi connectivity index (χ3v) is 10.5. The van der Waals surface area contributed by atoms with E-state index in [0.29, 0.717) is 31.0 Å². The van der Waals surface area contributed by atoms with Crippen LogP contribution in [0.3, 0.4) is 0 Å². The predicted octanol–water partition coefficient (Wildman–Crippen LogP) is 2.71. The number of nitrogens with one attached hydrogen (secondary N) is 4. The molecule has 2 heterocycles. The molecule has 272 valence electrons. The summed E-state index contributed by atoms with van der Waals surface area (Å²) in [7, 11) is 0. The fourth-order valence-corrected chi connectivity index (χ4v) is 7.86. The Morgan fingerprint density at radius 1 is 0.878 bits per heavy atom. The van der Waals surface area contributed by atoms with Crippen LogP contribution in [0.2, 0.25) is 0 Å². The zero-order chi connectivity index (χ0) is 35.6. The highest BCUT2D eigenvalue weighted by Crippen LogP contribution is 2.51. The number of carbonyl (C=O) groups excluding carboxylic acids is 5. The van der Waals surface area contributed by atoms with Gasteiger partial charge in [0.15, 0.2) is 0 Å². The van der Waals surface area contributed by atoms with Crippen molar-refractivity contribution in [2.24, 2.45) is 11.3 Å². The van der Waals surface area contributed by atoms with Gasteiger partial charge in [-0.1, -0.05) is 44.2 Å². The number of ether oxygens (including phenoxy) is 1. The molecule has 1 aromatic rings. The van der Waals surface area contributed by atoms with Gasteiger partial charge in [-0.3, -0.25) is 24.1 Å². The average molecular weight is 701 g/mol. The van der Waals surface area contributed by atoms with Crippen LogP contribution in [0.25, 0.3) is 0 Å². The fraction of sp³-hybridized carbons (Fsp3) is 0.694. The van der Waals surface area contributed by atoms with Crippen LogP contribution in [-0.4, -0.2) is 114 Å². The Kier molecular flexibility index (Phi) is 13.8. The molecule has 1 saturated carbocycles. The van der Waals surface area contributed by atoms with Crippen LogP contribution in [0.5, 0.6) is 0 Å². The standard InChI is InChI=1S/C36H56N6O6S/c1-25(2)19-28(32(45)38-24-31(44)42-13-11-36(12-14-42)21-27(22-36)41-15-17-49-18-16-41)39-30(43)23-37-33(46)29(20-26-9-7-6-8-10-26)40-34(47)48-35(3,4)5/h6-10,25,27-29H,11-24H2,1-5H3,(H,37,46)(H,38,45)(H,39,43)(H,40,47)/t28-,29?/m1/s1. The number of rotatable bonds is 13. The first kappa shape index (κ1) is 38.5. The Bertz CT molecular complexity index is 1280. The summed E-state index contributed by atoms with van der Waals surface area (Å²) in [5, 5.41) is 10.6. The highest BCUT2D eigenvalue weighted by molar-refractivity contribution is 7.99. The van der Waals surface area contributed by atoms with E-state index in [0.717, 1.165) is 18.4 Å². The second kappa shape index (κ2) is 17.6. The average Bonchev–Trinajstić information content (AvgIpc) is 3.04. The summed E-state index contributed by atoms with van der Waals surface area (Å²) < 4.78 is 5.33. The minimum Gasteiger partial charge on any atom is -0.444 e. The summed E-state index contributed by atoms with van der Waals surface area (Å²) in [6.45, 7) is 12.3. The molecule has 4 N–H and O–H groups in total. The molecule has 49 heavy (non-hydrogen) atoms. The zero-order valence-electron chi connectivity index (χ0n) is 29.8. The lowest BCUT2D eigenvalue weighted by Gasteiger charge is -2.55. The Balaban J connectivity index is 1.22. The van der Waals surface area contributed by atoms with Crippen molar-refractivity contribution in [2.45, 2.75) is 96.9 Å². The number of amides is 5. The molecule has 5 amide bonds. The highest BCUT2D eigenvalue weighted by atomic mass is 32.2. The predicted molar refractivity (Wildman–Crippen MR) is 191 cm³/mol. The third-order valence-electron chi connectivity index (χ3n) is 9.56. The van der Waals surface area contributed by atoms with Crippen molar-refractivity contribution in [3.8, 4) is 0 Å². The molecule has 1 unspecified atom stereocenters. The third kappa shape index (κ3) is 12.2. The molecule has 4 rings (SSSR count). The first-order valence-corrected chi connectivity index (χ1v) is 18.9. The molecule has 2 saturated heterocycles. The number of hydrogen-bond donors (Lipinski definition) is 4. The van der Waals surface area contributed by atoms with Gasteiger partial charge in [-0.15, -0.1) is 0 Å². The van der Waals surface area contributed by atoms with Crippen molar-refractivity contribution in [3.05, 3.63) is 35.9 Å². The van der Waals surface area contributed by atoms with Crippen LogP contribution in [0.1, 0.15) is 72.3 Å². The van der Waals surface area contributed by atoms with Crippen LogP contribution in [-0.2, 0) is 30.3 Å². The lowest BCUT2D eigenvalue weighted by molar-refractivity contribution is -0.137. The first-order valence-electron chi connectivity index (χ1n) is 17.7. The molecule has 13 heteroatoms. The van der Waals surface area contributed by atoms with E-state index in [9.17, 15) is 24.0 Å². The van der Waals surface area contributed by atoms with Crippen molar-refractivity contribution in [1.29, 1.82) is 0 Å². The van der Waals surface area contributed by atoms with Gasteiger partial charge in [-0.05, 0) is 69.8 Å². The number of carbonyl (C=O) groups is 5. The maximum Gasteiger partial charge on any atom is 0.408 e. The monoisotopic (exact) mass is 700 g/mol. The molecule has 12 nitrogen and oxygen atoms in total. The van der Waals surface area contributed by atoms with Crippen molar-refractivity contribution in [1.82, 2.24) is 31.1 Å². The number of likely N-dealkylation sites (tertiary alicyclic amines) is 1. The molecule has 0 bridgehead atoms. The largest absolute Gasteiger partial charge is 0.444 e. The van der Waals surface area contributed by atoms with E-state index in [2.05, 4.69) is 26.2 Å². The van der Waals surface area contributed by atoms with E-state index in [1.807, 2.05) is 60.8 Å². The molecule has 2 aliphatic heterocycles. The molecule has 0 aromatic heterocycles. The van der Waals surface area contributed by atoms with E-state index in [4.69, 9.17) is 4.74 Å². The lowest BCUT2D eigenvalue weighted by Crippen LogP contribution is -2.57. The summed E-state index contributed by atoms with van der Waals surface area (Å²) in [6, 6.07) is 8.02. The van der Waals surface area contributed by atoms with E-state index in [1.54, 1.807) is 20.8 Å². The Morgan fingerprint density at radius 2 is 1.49 bits per heavy atom. The molecule has 1 aromatic carbocycles. The quantitative estimate of drug-likeness (QED) is 0.246. The van der Waals surface area contributed by atoms with Crippen molar-refractivity contribution in [2.75, 3.05) is 50.8 Å². The van der Waals surface area contributed by atoms with Gasteiger partial charge in [0.25, 0.3) is 0 Å². The Hall–Kier alpha value is -3.32. The molecule has 3 aliphatic rings. The number of nitrogens with zero attached hydrogens (tertiary/aromatic N) is 2. The van der Waals surface area contributed by atoms with Crippen molar-refractivity contribution >= 4 is 41.5 Å². The summed E-state index contributed by atoms with van der Waals surface area (Å²) in [6.07, 6.45) is 4.26. The van der Waals surface area contributed by atoms with E-state index >= 15 is 0 Å². The summed E-state index contributed by atoms with van der Waals surface area (Å²) in [5.41, 5.74) is 0.418. The first-order chi connectivity index (χ1) is 23.2. The van der Waals surface area contributed by atoms with Crippen LogP contribution >= 0.6 is 11.8 Å². The molecule has 0 radical (unpaired) electrons. The van der Waals surface area contributed by atoms with E-state index < -0.39 is 48.0 Å². The normalized spacial score (nSPS) is 19.3. The molecule has 3 fully saturated rings. The van der Waals surface area contributed by atoms with E-state index in [-0.39, 0.29) is 24.8 Å². The summed E-state index contributed by atoms with van der Waals surface area (Å²) >= 11 is 2.03. The van der Waals surface area contributed by atoms with Gasteiger partial charge >= 0.3 is 6.09 Å². The molecular formula is C36H56N6O6S. The number of hydrogen-bond acceptors (Lipinski definition) is 8. The molecule has 2 atom stereocenters. The zero-order valence-corrected chi connectivity index (χ0v) is 30.7. The number of alkyl carbamates (subject to hydrolysis) is 1. The number of piperidine rings is 1. The second-order valence-corrected chi connectivity index (χ2v) is 16.4. The fourth-order valence-electron chi connectivity index (χ4n) is 6.92. The number of benzene rings is 1. The van der Waals surface area contributed by atoms with Crippen LogP contribution in [0, 0.1) is 11.3 Å². The lowest BCUT2D eigenvalue weighted by atomic mass is 9.60. The van der Waals surface area contributed by atoms with Crippen molar-refractivity contribution < 1.29 is 28.7 Å². The van der Waals surface area contributed by atoms with Crippen LogP contribution < -0.4 is 21.3 Å². The van der Waals surface area contributed by atoms with Gasteiger partial charge in [0, 0.05) is 50.1 Å².